The largest absolute Gasteiger partial charge is 0.297 e. The number of benzene rings is 1. The van der Waals surface area contributed by atoms with Crippen molar-refractivity contribution in [3.63, 3.8) is 0 Å². The second-order valence-electron chi connectivity index (χ2n) is 4.27. The van der Waals surface area contributed by atoms with E-state index in [9.17, 15) is 4.39 Å². The van der Waals surface area contributed by atoms with E-state index in [1.807, 2.05) is 18.5 Å². The van der Waals surface area contributed by atoms with Crippen molar-refractivity contribution in [2.45, 2.75) is 20.0 Å². The average Bonchev–Trinajstić information content (AvgIpc) is 2.69. The van der Waals surface area contributed by atoms with Crippen LogP contribution in [0.2, 0.25) is 0 Å². The maximum absolute atomic E-state index is 13.0. The molecule has 2 rings (SSSR count). The summed E-state index contributed by atoms with van der Waals surface area (Å²) in [5.41, 5.74) is 4.04. The number of nitrogens with zero attached hydrogens (tertiary/aromatic N) is 2. The van der Waals surface area contributed by atoms with Gasteiger partial charge in [0.1, 0.15) is 5.82 Å². The third kappa shape index (κ3) is 3.37. The molecule has 18 heavy (non-hydrogen) atoms. The number of thiazole rings is 1. The molecular formula is C13H14BrFN2S. The Hall–Kier alpha value is -0.780. The molecule has 2 nitrogen and oxygen atoms in total. The number of aryl methyl sites for hydroxylation is 1. The quantitative estimate of drug-likeness (QED) is 0.843. The Morgan fingerprint density at radius 3 is 2.78 bits per heavy atom. The van der Waals surface area contributed by atoms with Gasteiger partial charge in [0, 0.05) is 22.4 Å². The Labute approximate surface area is 119 Å². The maximum Gasteiger partial charge on any atom is 0.124 e. The summed E-state index contributed by atoms with van der Waals surface area (Å²) < 4.78 is 13.8. The fourth-order valence-corrected chi connectivity index (χ4v) is 3.05. The lowest BCUT2D eigenvalue weighted by atomic mass is 10.2. The van der Waals surface area contributed by atoms with Crippen LogP contribution in [-0.2, 0) is 13.1 Å². The zero-order valence-electron chi connectivity index (χ0n) is 10.3. The normalized spacial score (nSPS) is 11.2. The lowest BCUT2D eigenvalue weighted by Gasteiger charge is -2.17. The van der Waals surface area contributed by atoms with Crippen molar-refractivity contribution >= 4 is 27.3 Å². The van der Waals surface area contributed by atoms with Gasteiger partial charge in [-0.3, -0.25) is 4.90 Å². The molecule has 0 saturated heterocycles. The van der Waals surface area contributed by atoms with Gasteiger partial charge in [-0.25, -0.2) is 9.37 Å². The van der Waals surface area contributed by atoms with Crippen LogP contribution >= 0.6 is 27.3 Å². The molecule has 0 bridgehead atoms. The van der Waals surface area contributed by atoms with E-state index in [0.29, 0.717) is 0 Å². The Morgan fingerprint density at radius 2 is 2.17 bits per heavy atom. The highest BCUT2D eigenvalue weighted by atomic mass is 79.9. The van der Waals surface area contributed by atoms with Crippen molar-refractivity contribution in [2.75, 3.05) is 7.05 Å². The highest BCUT2D eigenvalue weighted by Crippen LogP contribution is 2.21. The molecule has 96 valence electrons. The van der Waals surface area contributed by atoms with Gasteiger partial charge in [0.2, 0.25) is 0 Å². The smallest absolute Gasteiger partial charge is 0.124 e. The molecule has 0 aliphatic heterocycles. The van der Waals surface area contributed by atoms with E-state index in [1.165, 1.54) is 17.0 Å². The highest BCUT2D eigenvalue weighted by Gasteiger charge is 2.08. The lowest BCUT2D eigenvalue weighted by molar-refractivity contribution is 0.320. The number of hydrogen-bond acceptors (Lipinski definition) is 3. The molecule has 0 aliphatic rings. The molecule has 0 spiro atoms. The molecule has 0 amide bonds. The standard InChI is InChI=1S/C13H14BrFN2S/c1-9-13(18-8-16-9)7-17(2)6-10-3-4-11(15)5-12(10)14/h3-5,8H,6-7H2,1-2H3. The third-order valence-electron chi connectivity index (χ3n) is 2.71. The van der Waals surface area contributed by atoms with Gasteiger partial charge in [0.15, 0.2) is 0 Å². The Kier molecular flexibility index (Phi) is 4.48. The second-order valence-corrected chi connectivity index (χ2v) is 6.06. The molecule has 0 aliphatic carbocycles. The van der Waals surface area contributed by atoms with Gasteiger partial charge in [-0.2, -0.15) is 0 Å². The van der Waals surface area contributed by atoms with Gasteiger partial charge < -0.3 is 0 Å². The van der Waals surface area contributed by atoms with Crippen LogP contribution < -0.4 is 0 Å². The van der Waals surface area contributed by atoms with Gasteiger partial charge in [0.05, 0.1) is 11.2 Å². The Bertz CT molecular complexity index is 542. The zero-order chi connectivity index (χ0) is 13.1. The monoisotopic (exact) mass is 328 g/mol. The lowest BCUT2D eigenvalue weighted by Crippen LogP contribution is -2.17. The predicted molar refractivity (Wildman–Crippen MR) is 76.1 cm³/mol. The first kappa shape index (κ1) is 13.6. The van der Waals surface area contributed by atoms with Crippen molar-refractivity contribution in [1.29, 1.82) is 0 Å². The SMILES string of the molecule is Cc1ncsc1CN(C)Cc1ccc(F)cc1Br. The molecule has 0 radical (unpaired) electrons. The van der Waals surface area contributed by atoms with Crippen LogP contribution in [0, 0.1) is 12.7 Å². The van der Waals surface area contributed by atoms with Gasteiger partial charge in [-0.05, 0) is 31.7 Å². The first-order chi connectivity index (χ1) is 8.56. The van der Waals surface area contributed by atoms with Crippen molar-refractivity contribution in [2.24, 2.45) is 0 Å². The van der Waals surface area contributed by atoms with Crippen LogP contribution in [0.5, 0.6) is 0 Å². The van der Waals surface area contributed by atoms with Crippen molar-refractivity contribution in [3.05, 3.63) is 50.1 Å². The summed E-state index contributed by atoms with van der Waals surface area (Å²) in [6.07, 6.45) is 0. The summed E-state index contributed by atoms with van der Waals surface area (Å²) in [7, 11) is 2.05. The van der Waals surface area contributed by atoms with Crippen LogP contribution in [0.1, 0.15) is 16.1 Å². The van der Waals surface area contributed by atoms with E-state index < -0.39 is 0 Å². The fourth-order valence-electron chi connectivity index (χ4n) is 1.72. The predicted octanol–water partition coefficient (Wildman–Crippen LogP) is 3.99. The van der Waals surface area contributed by atoms with Crippen molar-refractivity contribution in [3.8, 4) is 0 Å². The molecule has 5 heteroatoms. The molecule has 0 saturated carbocycles. The minimum Gasteiger partial charge on any atom is -0.297 e. The van der Waals surface area contributed by atoms with Crippen molar-refractivity contribution < 1.29 is 4.39 Å². The van der Waals surface area contributed by atoms with E-state index >= 15 is 0 Å². The summed E-state index contributed by atoms with van der Waals surface area (Å²) >= 11 is 5.06. The fraction of sp³-hybridized carbons (Fsp3) is 0.308. The molecule has 1 heterocycles. The average molecular weight is 329 g/mol. The zero-order valence-corrected chi connectivity index (χ0v) is 12.7. The number of halogens is 2. The highest BCUT2D eigenvalue weighted by molar-refractivity contribution is 9.10. The molecule has 0 unspecified atom stereocenters. The molecule has 0 atom stereocenters. The first-order valence-corrected chi connectivity index (χ1v) is 7.25. The van der Waals surface area contributed by atoms with Gasteiger partial charge in [-0.15, -0.1) is 11.3 Å². The van der Waals surface area contributed by atoms with Crippen LogP contribution in [-0.4, -0.2) is 16.9 Å². The molecule has 1 aromatic carbocycles. The Morgan fingerprint density at radius 1 is 1.39 bits per heavy atom. The summed E-state index contributed by atoms with van der Waals surface area (Å²) in [6.45, 7) is 3.66. The van der Waals surface area contributed by atoms with E-state index in [2.05, 4.69) is 32.9 Å². The molecule has 0 N–H and O–H groups in total. The van der Waals surface area contributed by atoms with E-state index in [-0.39, 0.29) is 5.82 Å². The van der Waals surface area contributed by atoms with Gasteiger partial charge in [0.25, 0.3) is 0 Å². The van der Waals surface area contributed by atoms with Crippen LogP contribution in [0.25, 0.3) is 0 Å². The molecular weight excluding hydrogens is 315 g/mol. The minimum absolute atomic E-state index is 0.216. The summed E-state index contributed by atoms with van der Waals surface area (Å²) in [4.78, 5) is 7.71. The number of hydrogen-bond donors (Lipinski definition) is 0. The van der Waals surface area contributed by atoms with Crippen molar-refractivity contribution in [1.82, 2.24) is 9.88 Å². The third-order valence-corrected chi connectivity index (χ3v) is 4.37. The van der Waals surface area contributed by atoms with Crippen LogP contribution in [0.15, 0.2) is 28.2 Å². The summed E-state index contributed by atoms with van der Waals surface area (Å²) in [6, 6.07) is 4.81. The van der Waals surface area contributed by atoms with Crippen LogP contribution in [0.3, 0.4) is 0 Å². The molecule has 2 aromatic rings. The number of rotatable bonds is 4. The molecule has 0 fully saturated rings. The molecule has 1 aromatic heterocycles. The number of aromatic nitrogens is 1. The van der Waals surface area contributed by atoms with Crippen LogP contribution in [0.4, 0.5) is 4.39 Å². The van der Waals surface area contributed by atoms with E-state index in [4.69, 9.17) is 0 Å². The topological polar surface area (TPSA) is 16.1 Å². The van der Waals surface area contributed by atoms with Gasteiger partial charge in [-0.1, -0.05) is 22.0 Å². The second kappa shape index (κ2) is 5.91. The van der Waals surface area contributed by atoms with E-state index in [1.54, 1.807) is 11.3 Å². The minimum atomic E-state index is -0.216. The van der Waals surface area contributed by atoms with E-state index in [0.717, 1.165) is 28.8 Å². The van der Waals surface area contributed by atoms with Gasteiger partial charge >= 0.3 is 0 Å². The maximum atomic E-state index is 13.0. The first-order valence-electron chi connectivity index (χ1n) is 5.57. The Balaban J connectivity index is 2.03. The summed E-state index contributed by atoms with van der Waals surface area (Å²) in [5.74, 6) is -0.216. The summed E-state index contributed by atoms with van der Waals surface area (Å²) in [5, 5.41) is 0.